The van der Waals surface area contributed by atoms with Gasteiger partial charge >= 0.3 is 0 Å². The van der Waals surface area contributed by atoms with Gasteiger partial charge in [0.15, 0.2) is 5.82 Å². The topological polar surface area (TPSA) is 25.8 Å². The minimum Gasteiger partial charge on any atom is -0.228 e. The summed E-state index contributed by atoms with van der Waals surface area (Å²) in [6.45, 7) is 0. The molecule has 0 saturated heterocycles. The number of halogens is 1. The summed E-state index contributed by atoms with van der Waals surface area (Å²) in [6, 6.07) is 48.2. The highest BCUT2D eigenvalue weighted by Crippen LogP contribution is 2.32. The fourth-order valence-electron chi connectivity index (χ4n) is 4.48. The minimum atomic E-state index is 0.698. The van der Waals surface area contributed by atoms with Crippen LogP contribution in [0.25, 0.3) is 56.2 Å². The first-order valence-corrected chi connectivity index (χ1v) is 13.0. The third kappa shape index (κ3) is 5.13. The molecule has 0 amide bonds. The Bertz CT molecular complexity index is 1580. The van der Waals surface area contributed by atoms with E-state index in [9.17, 15) is 0 Å². The van der Waals surface area contributed by atoms with Crippen LogP contribution in [0, 0.1) is 0 Å². The molecule has 0 aliphatic carbocycles. The third-order valence-electron chi connectivity index (χ3n) is 6.34. The third-order valence-corrected chi connectivity index (χ3v) is 6.83. The molecule has 0 radical (unpaired) electrons. The fraction of sp³-hybridized carbons (Fsp3) is 0. The molecule has 6 aromatic rings. The molecule has 0 unspecified atom stereocenters. The van der Waals surface area contributed by atoms with Gasteiger partial charge in [-0.05, 0) is 52.6 Å². The molecule has 3 heteroatoms. The number of hydrogen-bond acceptors (Lipinski definition) is 2. The van der Waals surface area contributed by atoms with E-state index in [-0.39, 0.29) is 0 Å². The van der Waals surface area contributed by atoms with Crippen molar-refractivity contribution in [3.05, 3.63) is 144 Å². The van der Waals surface area contributed by atoms with Gasteiger partial charge < -0.3 is 0 Å². The highest BCUT2D eigenvalue weighted by Gasteiger charge is 2.12. The Morgan fingerprint density at radius 3 is 1.30 bits per heavy atom. The Kier molecular flexibility index (Phi) is 6.45. The van der Waals surface area contributed by atoms with E-state index in [1.165, 1.54) is 11.1 Å². The molecule has 0 spiro atoms. The molecule has 176 valence electrons. The zero-order valence-electron chi connectivity index (χ0n) is 20.1. The lowest BCUT2D eigenvalue weighted by Gasteiger charge is -2.12. The van der Waals surface area contributed by atoms with E-state index in [0.717, 1.165) is 43.7 Å². The van der Waals surface area contributed by atoms with Gasteiger partial charge in [0.05, 0.1) is 11.4 Å². The summed E-state index contributed by atoms with van der Waals surface area (Å²) in [5.74, 6) is 0.698. The number of nitrogens with zero attached hydrogens (tertiary/aromatic N) is 2. The normalized spacial score (nSPS) is 10.8. The zero-order chi connectivity index (χ0) is 25.0. The smallest absolute Gasteiger partial charge is 0.160 e. The van der Waals surface area contributed by atoms with Crippen molar-refractivity contribution in [2.24, 2.45) is 0 Å². The van der Waals surface area contributed by atoms with E-state index >= 15 is 0 Å². The van der Waals surface area contributed by atoms with E-state index in [4.69, 9.17) is 9.97 Å². The summed E-state index contributed by atoms with van der Waals surface area (Å²) in [7, 11) is 0. The first kappa shape index (κ1) is 23.1. The van der Waals surface area contributed by atoms with E-state index in [2.05, 4.69) is 131 Å². The highest BCUT2D eigenvalue weighted by molar-refractivity contribution is 9.10. The minimum absolute atomic E-state index is 0.698. The molecule has 0 bridgehead atoms. The summed E-state index contributed by atoms with van der Waals surface area (Å²) in [6.07, 6.45) is 0. The average molecular weight is 539 g/mol. The molecule has 0 atom stereocenters. The molecule has 0 saturated carbocycles. The Labute approximate surface area is 225 Å². The van der Waals surface area contributed by atoms with E-state index in [1.54, 1.807) is 0 Å². The summed E-state index contributed by atoms with van der Waals surface area (Å²) < 4.78 is 0.998. The number of aromatic nitrogens is 2. The summed E-state index contributed by atoms with van der Waals surface area (Å²) in [4.78, 5) is 10.0. The summed E-state index contributed by atoms with van der Waals surface area (Å²) >= 11 is 3.60. The molecule has 6 rings (SSSR count). The number of rotatable bonds is 5. The molecular weight excluding hydrogens is 516 g/mol. The Morgan fingerprint density at radius 1 is 0.351 bits per heavy atom. The molecule has 0 aliphatic rings. The van der Waals surface area contributed by atoms with Gasteiger partial charge in [0, 0.05) is 21.2 Å². The van der Waals surface area contributed by atoms with Gasteiger partial charge in [0.2, 0.25) is 0 Å². The average Bonchev–Trinajstić information content (AvgIpc) is 2.98. The molecule has 5 aromatic carbocycles. The quantitative estimate of drug-likeness (QED) is 0.218. The lowest BCUT2D eigenvalue weighted by Crippen LogP contribution is -1.96. The van der Waals surface area contributed by atoms with E-state index in [1.807, 2.05) is 24.3 Å². The summed E-state index contributed by atoms with van der Waals surface area (Å²) in [5.41, 5.74) is 9.55. The van der Waals surface area contributed by atoms with Crippen LogP contribution in [-0.2, 0) is 0 Å². The number of benzene rings is 5. The molecule has 1 aromatic heterocycles. The summed E-state index contributed by atoms with van der Waals surface area (Å²) in [5, 5.41) is 0. The second kappa shape index (κ2) is 10.3. The fourth-order valence-corrected chi connectivity index (χ4v) is 4.88. The van der Waals surface area contributed by atoms with Crippen LogP contribution in [0.4, 0.5) is 0 Å². The molecule has 1 heterocycles. The van der Waals surface area contributed by atoms with Gasteiger partial charge in [0.25, 0.3) is 0 Å². The van der Waals surface area contributed by atoms with Crippen molar-refractivity contribution < 1.29 is 0 Å². The van der Waals surface area contributed by atoms with Crippen molar-refractivity contribution in [2.45, 2.75) is 0 Å². The largest absolute Gasteiger partial charge is 0.228 e. The van der Waals surface area contributed by atoms with Gasteiger partial charge in [-0.15, -0.1) is 0 Å². The number of hydrogen-bond donors (Lipinski definition) is 0. The van der Waals surface area contributed by atoms with Crippen LogP contribution >= 0.6 is 15.9 Å². The van der Waals surface area contributed by atoms with Crippen LogP contribution in [0.15, 0.2) is 144 Å². The first-order chi connectivity index (χ1) is 18.2. The predicted octanol–water partition coefficient (Wildman–Crippen LogP) is 9.57. The molecule has 37 heavy (non-hydrogen) atoms. The second-order valence-corrected chi connectivity index (χ2v) is 9.78. The molecular formula is C34H23BrN2. The lowest BCUT2D eigenvalue weighted by atomic mass is 9.99. The molecule has 2 nitrogen and oxygen atoms in total. The van der Waals surface area contributed by atoms with Gasteiger partial charge in [-0.2, -0.15) is 0 Å². The molecule has 0 aliphatic heterocycles. The Morgan fingerprint density at radius 2 is 0.784 bits per heavy atom. The SMILES string of the molecule is Brc1cccc(-c2nc(-c3cccc(-c4ccccc4)c3)cc(-c3cccc(-c4ccccc4)c3)n2)c1. The van der Waals surface area contributed by atoms with Crippen LogP contribution < -0.4 is 0 Å². The zero-order valence-corrected chi connectivity index (χ0v) is 21.6. The van der Waals surface area contributed by atoms with Crippen molar-refractivity contribution in [3.8, 4) is 56.2 Å². The maximum atomic E-state index is 5.02. The second-order valence-electron chi connectivity index (χ2n) is 8.87. The molecule has 0 fully saturated rings. The van der Waals surface area contributed by atoms with Crippen LogP contribution in [-0.4, -0.2) is 9.97 Å². The van der Waals surface area contributed by atoms with Crippen LogP contribution in [0.1, 0.15) is 0 Å². The monoisotopic (exact) mass is 538 g/mol. The van der Waals surface area contributed by atoms with Crippen molar-refractivity contribution >= 4 is 15.9 Å². The van der Waals surface area contributed by atoms with Gasteiger partial charge in [-0.3, -0.25) is 0 Å². The van der Waals surface area contributed by atoms with Crippen molar-refractivity contribution in [1.29, 1.82) is 0 Å². The predicted molar refractivity (Wildman–Crippen MR) is 157 cm³/mol. The first-order valence-electron chi connectivity index (χ1n) is 12.2. The lowest BCUT2D eigenvalue weighted by molar-refractivity contribution is 1.18. The maximum absolute atomic E-state index is 5.02. The molecule has 0 N–H and O–H groups in total. The van der Waals surface area contributed by atoms with Crippen molar-refractivity contribution in [1.82, 2.24) is 9.97 Å². The van der Waals surface area contributed by atoms with Crippen molar-refractivity contribution in [2.75, 3.05) is 0 Å². The standard InChI is InChI=1S/C34H23BrN2/c35-31-19-9-18-30(22-31)34-36-32(28-16-7-14-26(20-28)24-10-3-1-4-11-24)23-33(37-34)29-17-8-15-27(21-29)25-12-5-2-6-13-25/h1-23H. The van der Waals surface area contributed by atoms with Gasteiger partial charge in [0.1, 0.15) is 0 Å². The van der Waals surface area contributed by atoms with E-state index < -0.39 is 0 Å². The van der Waals surface area contributed by atoms with Crippen LogP contribution in [0.5, 0.6) is 0 Å². The Hall–Kier alpha value is -4.34. The van der Waals surface area contributed by atoms with Crippen LogP contribution in [0.3, 0.4) is 0 Å². The van der Waals surface area contributed by atoms with Gasteiger partial charge in [-0.25, -0.2) is 9.97 Å². The maximum Gasteiger partial charge on any atom is 0.160 e. The Balaban J connectivity index is 1.51. The van der Waals surface area contributed by atoms with Crippen LogP contribution in [0.2, 0.25) is 0 Å². The highest BCUT2D eigenvalue weighted by atomic mass is 79.9. The van der Waals surface area contributed by atoms with Gasteiger partial charge in [-0.1, -0.05) is 125 Å². The van der Waals surface area contributed by atoms with Crippen molar-refractivity contribution in [3.63, 3.8) is 0 Å². The van der Waals surface area contributed by atoms with E-state index in [0.29, 0.717) is 5.82 Å².